The summed E-state index contributed by atoms with van der Waals surface area (Å²) in [4.78, 5) is 3.96. The fourth-order valence-electron chi connectivity index (χ4n) is 2.92. The number of pyridine rings is 1. The van der Waals surface area contributed by atoms with Crippen molar-refractivity contribution >= 4 is 0 Å². The Labute approximate surface area is 103 Å². The summed E-state index contributed by atoms with van der Waals surface area (Å²) in [5.74, 6) is 0.377. The smallest absolute Gasteiger partial charge is 0.141 e. The van der Waals surface area contributed by atoms with Crippen molar-refractivity contribution in [3.63, 3.8) is 0 Å². The SMILES string of the molecule is CNC(c1cncc(F)c1)C1CCCCCC1. The highest BCUT2D eigenvalue weighted by Crippen LogP contribution is 2.33. The third-order valence-corrected chi connectivity index (χ3v) is 3.77. The first kappa shape index (κ1) is 12.5. The topological polar surface area (TPSA) is 24.9 Å². The number of hydrogen-bond donors (Lipinski definition) is 1. The van der Waals surface area contributed by atoms with Crippen molar-refractivity contribution in [3.05, 3.63) is 29.8 Å². The molecule has 0 spiro atoms. The average Bonchev–Trinajstić information content (AvgIpc) is 2.59. The van der Waals surface area contributed by atoms with Gasteiger partial charge in [-0.05, 0) is 37.4 Å². The van der Waals surface area contributed by atoms with Crippen LogP contribution in [0, 0.1) is 11.7 Å². The number of aromatic nitrogens is 1. The minimum Gasteiger partial charge on any atom is -0.313 e. The predicted molar refractivity (Wildman–Crippen MR) is 67.2 cm³/mol. The summed E-state index contributed by atoms with van der Waals surface area (Å²) < 4.78 is 13.2. The van der Waals surface area contributed by atoms with Crippen molar-refractivity contribution in [3.8, 4) is 0 Å². The second-order valence-corrected chi connectivity index (χ2v) is 4.95. The zero-order chi connectivity index (χ0) is 12.1. The van der Waals surface area contributed by atoms with Crippen molar-refractivity contribution in [2.75, 3.05) is 7.05 Å². The van der Waals surface area contributed by atoms with Gasteiger partial charge in [-0.3, -0.25) is 4.98 Å². The summed E-state index contributed by atoms with van der Waals surface area (Å²) in [6.07, 6.45) is 10.8. The number of nitrogens with one attached hydrogen (secondary N) is 1. The Morgan fingerprint density at radius 1 is 1.24 bits per heavy atom. The highest BCUT2D eigenvalue weighted by Gasteiger charge is 2.23. The molecule has 2 rings (SSSR count). The summed E-state index contributed by atoms with van der Waals surface area (Å²) in [7, 11) is 1.96. The number of halogens is 1. The molecule has 94 valence electrons. The number of nitrogens with zero attached hydrogens (tertiary/aromatic N) is 1. The molecule has 1 N–H and O–H groups in total. The molecular formula is C14H21FN2. The Kier molecular flexibility index (Phi) is 4.49. The Bertz CT molecular complexity index is 346. The maximum atomic E-state index is 13.2. The van der Waals surface area contributed by atoms with Crippen LogP contribution in [0.4, 0.5) is 4.39 Å². The lowest BCUT2D eigenvalue weighted by Gasteiger charge is -2.26. The van der Waals surface area contributed by atoms with Gasteiger partial charge in [0.25, 0.3) is 0 Å². The molecule has 0 bridgehead atoms. The van der Waals surface area contributed by atoms with Crippen molar-refractivity contribution in [1.82, 2.24) is 10.3 Å². The molecule has 1 aromatic rings. The monoisotopic (exact) mass is 236 g/mol. The van der Waals surface area contributed by atoms with E-state index in [9.17, 15) is 4.39 Å². The van der Waals surface area contributed by atoms with Gasteiger partial charge in [0, 0.05) is 12.2 Å². The van der Waals surface area contributed by atoms with Crippen LogP contribution in [0.1, 0.15) is 50.1 Å². The quantitative estimate of drug-likeness (QED) is 0.813. The minimum absolute atomic E-state index is 0.239. The molecule has 3 heteroatoms. The summed E-state index contributed by atoms with van der Waals surface area (Å²) in [6.45, 7) is 0. The van der Waals surface area contributed by atoms with Crippen LogP contribution in [0.5, 0.6) is 0 Å². The lowest BCUT2D eigenvalue weighted by Crippen LogP contribution is -2.25. The lowest BCUT2D eigenvalue weighted by atomic mass is 9.88. The summed E-state index contributed by atoms with van der Waals surface area (Å²) in [5.41, 5.74) is 0.986. The molecule has 0 aliphatic heterocycles. The molecule has 2 nitrogen and oxygen atoms in total. The Balaban J connectivity index is 2.14. The van der Waals surface area contributed by atoms with E-state index < -0.39 is 0 Å². The molecule has 1 fully saturated rings. The van der Waals surface area contributed by atoms with Gasteiger partial charge in [0.15, 0.2) is 0 Å². The van der Waals surface area contributed by atoms with Crippen LogP contribution in [-0.2, 0) is 0 Å². The zero-order valence-electron chi connectivity index (χ0n) is 10.5. The molecule has 0 radical (unpaired) electrons. The van der Waals surface area contributed by atoms with Crippen LogP contribution in [-0.4, -0.2) is 12.0 Å². The summed E-state index contributed by atoms with van der Waals surface area (Å²) in [6, 6.07) is 1.86. The zero-order valence-corrected chi connectivity index (χ0v) is 10.5. The van der Waals surface area contributed by atoms with E-state index in [0.29, 0.717) is 5.92 Å². The molecule has 1 aromatic heterocycles. The molecule has 1 saturated carbocycles. The second-order valence-electron chi connectivity index (χ2n) is 4.95. The summed E-state index contributed by atoms with van der Waals surface area (Å²) in [5, 5.41) is 3.34. The van der Waals surface area contributed by atoms with Gasteiger partial charge in [0.2, 0.25) is 0 Å². The Morgan fingerprint density at radius 2 is 1.94 bits per heavy atom. The van der Waals surface area contributed by atoms with Gasteiger partial charge >= 0.3 is 0 Å². The van der Waals surface area contributed by atoms with Crippen molar-refractivity contribution in [2.24, 2.45) is 5.92 Å². The van der Waals surface area contributed by atoms with Gasteiger partial charge < -0.3 is 5.32 Å². The van der Waals surface area contributed by atoms with E-state index >= 15 is 0 Å². The van der Waals surface area contributed by atoms with Crippen molar-refractivity contribution < 1.29 is 4.39 Å². The fourth-order valence-corrected chi connectivity index (χ4v) is 2.92. The van der Waals surface area contributed by atoms with Crippen LogP contribution in [0.2, 0.25) is 0 Å². The molecule has 0 amide bonds. The molecule has 1 aliphatic rings. The molecule has 1 unspecified atom stereocenters. The minimum atomic E-state index is -0.239. The molecule has 1 heterocycles. The summed E-state index contributed by atoms with van der Waals surface area (Å²) >= 11 is 0. The lowest BCUT2D eigenvalue weighted by molar-refractivity contribution is 0.340. The van der Waals surface area contributed by atoms with Crippen LogP contribution in [0.3, 0.4) is 0 Å². The van der Waals surface area contributed by atoms with Crippen molar-refractivity contribution in [1.29, 1.82) is 0 Å². The highest BCUT2D eigenvalue weighted by molar-refractivity contribution is 5.16. The average molecular weight is 236 g/mol. The van der Waals surface area contributed by atoms with E-state index in [2.05, 4.69) is 10.3 Å². The first-order valence-electron chi connectivity index (χ1n) is 6.59. The maximum Gasteiger partial charge on any atom is 0.141 e. The number of hydrogen-bond acceptors (Lipinski definition) is 2. The first-order chi connectivity index (χ1) is 8.31. The largest absolute Gasteiger partial charge is 0.313 e. The van der Waals surface area contributed by atoms with E-state index in [1.807, 2.05) is 7.05 Å². The third kappa shape index (κ3) is 3.25. The van der Waals surface area contributed by atoms with E-state index in [-0.39, 0.29) is 11.9 Å². The molecule has 0 saturated heterocycles. The van der Waals surface area contributed by atoms with E-state index in [0.717, 1.165) is 5.56 Å². The molecule has 17 heavy (non-hydrogen) atoms. The number of rotatable bonds is 3. The normalized spacial score (nSPS) is 19.9. The molecule has 1 atom stereocenters. The fraction of sp³-hybridized carbons (Fsp3) is 0.643. The van der Waals surface area contributed by atoms with Gasteiger partial charge in [-0.25, -0.2) is 4.39 Å². The maximum absolute atomic E-state index is 13.2. The first-order valence-corrected chi connectivity index (χ1v) is 6.59. The molecular weight excluding hydrogens is 215 g/mol. The Morgan fingerprint density at radius 3 is 2.53 bits per heavy atom. The van der Waals surface area contributed by atoms with Crippen LogP contribution >= 0.6 is 0 Å². The standard InChI is InChI=1S/C14H21FN2/c1-16-14(11-6-4-2-3-5-7-11)12-8-13(15)10-17-9-12/h8-11,14,16H,2-7H2,1H3. The van der Waals surface area contributed by atoms with Gasteiger partial charge in [-0.2, -0.15) is 0 Å². The highest BCUT2D eigenvalue weighted by atomic mass is 19.1. The van der Waals surface area contributed by atoms with Crippen molar-refractivity contribution in [2.45, 2.75) is 44.6 Å². The van der Waals surface area contributed by atoms with E-state index in [4.69, 9.17) is 0 Å². The van der Waals surface area contributed by atoms with Crippen LogP contribution < -0.4 is 5.32 Å². The van der Waals surface area contributed by atoms with E-state index in [1.165, 1.54) is 44.7 Å². The predicted octanol–water partition coefficient (Wildman–Crippen LogP) is 3.45. The van der Waals surface area contributed by atoms with Crippen LogP contribution in [0.25, 0.3) is 0 Å². The third-order valence-electron chi connectivity index (χ3n) is 3.77. The molecule has 1 aliphatic carbocycles. The van der Waals surface area contributed by atoms with E-state index in [1.54, 1.807) is 12.3 Å². The van der Waals surface area contributed by atoms with Gasteiger partial charge in [0.05, 0.1) is 6.20 Å². The van der Waals surface area contributed by atoms with Gasteiger partial charge in [0.1, 0.15) is 5.82 Å². The Hall–Kier alpha value is -0.960. The van der Waals surface area contributed by atoms with Crippen LogP contribution in [0.15, 0.2) is 18.5 Å². The van der Waals surface area contributed by atoms with Gasteiger partial charge in [-0.1, -0.05) is 25.7 Å². The second kappa shape index (κ2) is 6.10. The van der Waals surface area contributed by atoms with Gasteiger partial charge in [-0.15, -0.1) is 0 Å². The molecule has 0 aromatic carbocycles.